The maximum absolute atomic E-state index is 10.6. The van der Waals surface area contributed by atoms with E-state index in [-0.39, 0.29) is 5.69 Å². The van der Waals surface area contributed by atoms with Crippen molar-refractivity contribution < 1.29 is 9.90 Å². The second-order valence-electron chi connectivity index (χ2n) is 2.75. The molecule has 1 N–H and O–H groups in total. The Kier molecular flexibility index (Phi) is 3.48. The van der Waals surface area contributed by atoms with Crippen molar-refractivity contribution in [3.63, 3.8) is 0 Å². The lowest BCUT2D eigenvalue weighted by molar-refractivity contribution is 0.0688. The molecule has 0 aliphatic carbocycles. The number of aryl methyl sites for hydroxylation is 1. The van der Waals surface area contributed by atoms with Gasteiger partial charge in [0.1, 0.15) is 0 Å². The Bertz CT molecular complexity index is 309. The lowest BCUT2D eigenvalue weighted by Gasteiger charge is -1.96. The monoisotopic (exact) mass is 246 g/mol. The average Bonchev–Trinajstić information content (AvgIpc) is 2.43. The Balaban J connectivity index is 2.76. The van der Waals surface area contributed by atoms with Crippen molar-refractivity contribution in [3.05, 3.63) is 16.4 Å². The van der Waals surface area contributed by atoms with Crippen molar-refractivity contribution in [2.24, 2.45) is 0 Å². The first kappa shape index (κ1) is 10.2. The second kappa shape index (κ2) is 4.41. The van der Waals surface area contributed by atoms with Crippen LogP contribution in [0.5, 0.6) is 0 Å². The van der Waals surface area contributed by atoms with Crippen molar-refractivity contribution in [1.82, 2.24) is 9.78 Å². The molecule has 72 valence electrons. The first-order valence-electron chi connectivity index (χ1n) is 4.11. The van der Waals surface area contributed by atoms with Gasteiger partial charge in [-0.1, -0.05) is 13.3 Å². The minimum absolute atomic E-state index is 0.0797. The van der Waals surface area contributed by atoms with E-state index in [1.165, 1.54) is 0 Å². The van der Waals surface area contributed by atoms with E-state index >= 15 is 0 Å². The van der Waals surface area contributed by atoms with Gasteiger partial charge in [0.2, 0.25) is 0 Å². The zero-order valence-corrected chi connectivity index (χ0v) is 8.91. The molecule has 0 spiro atoms. The van der Waals surface area contributed by atoms with Crippen molar-refractivity contribution in [3.8, 4) is 0 Å². The van der Waals surface area contributed by atoms with Crippen LogP contribution in [0.1, 0.15) is 30.3 Å². The van der Waals surface area contributed by atoms with E-state index in [2.05, 4.69) is 28.0 Å². The Morgan fingerprint density at radius 1 is 1.77 bits per heavy atom. The molecule has 4 nitrogen and oxygen atoms in total. The molecular weight excluding hydrogens is 236 g/mol. The van der Waals surface area contributed by atoms with Gasteiger partial charge in [0.05, 0.1) is 4.47 Å². The van der Waals surface area contributed by atoms with Crippen LogP contribution in [0.4, 0.5) is 0 Å². The maximum atomic E-state index is 10.6. The SMILES string of the molecule is CCCCn1cc(Br)c(C(=O)O)n1. The Morgan fingerprint density at radius 3 is 2.92 bits per heavy atom. The lowest BCUT2D eigenvalue weighted by Crippen LogP contribution is -2.02. The fourth-order valence-corrected chi connectivity index (χ4v) is 1.46. The van der Waals surface area contributed by atoms with Gasteiger partial charge in [0.15, 0.2) is 5.69 Å². The topological polar surface area (TPSA) is 55.1 Å². The van der Waals surface area contributed by atoms with E-state index in [9.17, 15) is 4.79 Å². The fraction of sp³-hybridized carbons (Fsp3) is 0.500. The van der Waals surface area contributed by atoms with Crippen LogP contribution in [-0.2, 0) is 6.54 Å². The number of carboxylic acids is 1. The van der Waals surface area contributed by atoms with Gasteiger partial charge in [-0.15, -0.1) is 0 Å². The van der Waals surface area contributed by atoms with Crippen LogP contribution in [-0.4, -0.2) is 20.9 Å². The smallest absolute Gasteiger partial charge is 0.357 e. The maximum Gasteiger partial charge on any atom is 0.357 e. The van der Waals surface area contributed by atoms with Gasteiger partial charge in [0.25, 0.3) is 0 Å². The lowest BCUT2D eigenvalue weighted by atomic mass is 10.3. The number of nitrogens with zero attached hydrogens (tertiary/aromatic N) is 2. The summed E-state index contributed by atoms with van der Waals surface area (Å²) in [6.07, 6.45) is 3.77. The molecule has 0 amide bonds. The zero-order chi connectivity index (χ0) is 9.84. The molecule has 1 rings (SSSR count). The molecular formula is C8H11BrN2O2. The number of carbonyl (C=O) groups is 1. The van der Waals surface area contributed by atoms with Crippen molar-refractivity contribution in [1.29, 1.82) is 0 Å². The van der Waals surface area contributed by atoms with E-state index < -0.39 is 5.97 Å². The summed E-state index contributed by atoms with van der Waals surface area (Å²) < 4.78 is 2.19. The van der Waals surface area contributed by atoms with E-state index in [4.69, 9.17) is 5.11 Å². The van der Waals surface area contributed by atoms with Crippen molar-refractivity contribution >= 4 is 21.9 Å². The summed E-state index contributed by atoms with van der Waals surface area (Å²) in [6, 6.07) is 0. The molecule has 0 atom stereocenters. The number of halogens is 1. The van der Waals surface area contributed by atoms with Gasteiger partial charge in [-0.05, 0) is 22.4 Å². The minimum Gasteiger partial charge on any atom is -0.476 e. The zero-order valence-electron chi connectivity index (χ0n) is 7.33. The standard InChI is InChI=1S/C8H11BrN2O2/c1-2-3-4-11-5-6(9)7(10-11)8(12)13/h5H,2-4H2,1H3,(H,12,13). The van der Waals surface area contributed by atoms with E-state index in [0.29, 0.717) is 4.47 Å². The van der Waals surface area contributed by atoms with Crippen LogP contribution in [0.3, 0.4) is 0 Å². The Hall–Kier alpha value is -0.840. The van der Waals surface area contributed by atoms with Gasteiger partial charge in [-0.25, -0.2) is 4.79 Å². The Morgan fingerprint density at radius 2 is 2.46 bits per heavy atom. The number of unbranched alkanes of at least 4 members (excludes halogenated alkanes) is 1. The summed E-state index contributed by atoms with van der Waals surface area (Å²) in [5, 5.41) is 12.6. The van der Waals surface area contributed by atoms with Crippen LogP contribution in [0.2, 0.25) is 0 Å². The number of rotatable bonds is 4. The van der Waals surface area contributed by atoms with E-state index in [1.807, 2.05) is 0 Å². The van der Waals surface area contributed by atoms with Gasteiger partial charge in [-0.2, -0.15) is 5.10 Å². The highest BCUT2D eigenvalue weighted by molar-refractivity contribution is 9.10. The second-order valence-corrected chi connectivity index (χ2v) is 3.60. The van der Waals surface area contributed by atoms with Crippen LogP contribution in [0, 0.1) is 0 Å². The summed E-state index contributed by atoms with van der Waals surface area (Å²) in [7, 11) is 0. The van der Waals surface area contributed by atoms with Crippen molar-refractivity contribution in [2.45, 2.75) is 26.3 Å². The summed E-state index contributed by atoms with van der Waals surface area (Å²) in [6.45, 7) is 2.85. The molecule has 0 aromatic carbocycles. The molecule has 0 saturated heterocycles. The molecule has 0 fully saturated rings. The number of aromatic carboxylic acids is 1. The Labute approximate surface area is 84.7 Å². The van der Waals surface area contributed by atoms with E-state index in [1.54, 1.807) is 10.9 Å². The summed E-state index contributed by atoms with van der Waals surface area (Å²) >= 11 is 3.15. The van der Waals surface area contributed by atoms with Crippen molar-refractivity contribution in [2.75, 3.05) is 0 Å². The number of carboxylic acid groups (broad SMARTS) is 1. The predicted octanol–water partition coefficient (Wildman–Crippen LogP) is 2.14. The molecule has 1 aromatic rings. The molecule has 0 bridgehead atoms. The molecule has 0 aliphatic heterocycles. The molecule has 0 saturated carbocycles. The molecule has 0 radical (unpaired) electrons. The molecule has 1 heterocycles. The summed E-state index contributed by atoms with van der Waals surface area (Å²) in [5.74, 6) is -0.998. The average molecular weight is 247 g/mol. The van der Waals surface area contributed by atoms with Crippen LogP contribution in [0.15, 0.2) is 10.7 Å². The molecule has 13 heavy (non-hydrogen) atoms. The summed E-state index contributed by atoms with van der Waals surface area (Å²) in [4.78, 5) is 10.6. The van der Waals surface area contributed by atoms with E-state index in [0.717, 1.165) is 19.4 Å². The first-order valence-corrected chi connectivity index (χ1v) is 4.90. The molecule has 5 heteroatoms. The van der Waals surface area contributed by atoms with Gasteiger partial charge >= 0.3 is 5.97 Å². The summed E-state index contributed by atoms with van der Waals surface area (Å²) in [5.41, 5.74) is 0.0797. The van der Waals surface area contributed by atoms with Gasteiger partial charge in [-0.3, -0.25) is 4.68 Å². The van der Waals surface area contributed by atoms with Gasteiger partial charge < -0.3 is 5.11 Å². The largest absolute Gasteiger partial charge is 0.476 e. The fourth-order valence-electron chi connectivity index (χ4n) is 0.977. The normalized spacial score (nSPS) is 10.3. The molecule has 0 unspecified atom stereocenters. The molecule has 1 aromatic heterocycles. The third-order valence-corrected chi connectivity index (χ3v) is 2.24. The minimum atomic E-state index is -0.998. The highest BCUT2D eigenvalue weighted by Gasteiger charge is 2.12. The quantitative estimate of drug-likeness (QED) is 0.886. The first-order chi connectivity index (χ1) is 6.15. The number of aromatic nitrogens is 2. The number of hydrogen-bond acceptors (Lipinski definition) is 2. The van der Waals surface area contributed by atoms with Crippen LogP contribution < -0.4 is 0 Å². The van der Waals surface area contributed by atoms with Gasteiger partial charge in [0, 0.05) is 12.7 Å². The third-order valence-electron chi connectivity index (χ3n) is 1.66. The third kappa shape index (κ3) is 2.55. The highest BCUT2D eigenvalue weighted by atomic mass is 79.9. The number of hydrogen-bond donors (Lipinski definition) is 1. The van der Waals surface area contributed by atoms with Crippen LogP contribution >= 0.6 is 15.9 Å². The molecule has 0 aliphatic rings. The predicted molar refractivity (Wildman–Crippen MR) is 51.8 cm³/mol. The highest BCUT2D eigenvalue weighted by Crippen LogP contribution is 2.14. The van der Waals surface area contributed by atoms with Crippen LogP contribution in [0.25, 0.3) is 0 Å².